The number of hydrogen-bond donors (Lipinski definition) is 2. The van der Waals surface area contributed by atoms with Gasteiger partial charge < -0.3 is 15.5 Å². The highest BCUT2D eigenvalue weighted by Gasteiger charge is 2.33. The summed E-state index contributed by atoms with van der Waals surface area (Å²) in [5.74, 6) is -0.889. The quantitative estimate of drug-likeness (QED) is 0.229. The summed E-state index contributed by atoms with van der Waals surface area (Å²) in [5.41, 5.74) is 5.72. The smallest absolute Gasteiger partial charge is 0.339 e. The molecule has 4 heterocycles. The van der Waals surface area contributed by atoms with Gasteiger partial charge in [-0.1, -0.05) is 36.4 Å². The summed E-state index contributed by atoms with van der Waals surface area (Å²) in [4.78, 5) is 47.6. The van der Waals surface area contributed by atoms with Crippen molar-refractivity contribution >= 4 is 40.6 Å². The maximum atomic E-state index is 14.4. The number of pyridine rings is 1. The monoisotopic (exact) mass is 620 g/mol. The summed E-state index contributed by atoms with van der Waals surface area (Å²) in [6.07, 6.45) is 4.09. The lowest BCUT2D eigenvalue weighted by Gasteiger charge is -2.23. The third kappa shape index (κ3) is 5.18. The summed E-state index contributed by atoms with van der Waals surface area (Å²) in [5, 5.41) is 9.69. The maximum Gasteiger partial charge on any atom is 0.342 e. The Morgan fingerprint density at radius 3 is 2.58 bits per heavy atom. The molecule has 1 aliphatic heterocycles. The first-order valence-electron chi connectivity index (χ1n) is 14.7. The highest BCUT2D eigenvalue weighted by Crippen LogP contribution is 2.45. The molecule has 2 aromatic carbocycles. The number of aromatic nitrogens is 3. The van der Waals surface area contributed by atoms with Gasteiger partial charge >= 0.3 is 6.03 Å². The fraction of sp³-hybridized carbons (Fsp3) is 0.206. The topological polar surface area (TPSA) is 109 Å². The van der Waals surface area contributed by atoms with Gasteiger partial charge in [-0.05, 0) is 67.6 Å². The van der Waals surface area contributed by atoms with Crippen LogP contribution in [0.2, 0.25) is 0 Å². The van der Waals surface area contributed by atoms with Crippen LogP contribution < -0.4 is 15.5 Å². The third-order valence-corrected chi connectivity index (χ3v) is 9.41. The van der Waals surface area contributed by atoms with Gasteiger partial charge in [-0.2, -0.15) is 9.78 Å². The molecule has 3 amide bonds. The minimum atomic E-state index is -0.484. The summed E-state index contributed by atoms with van der Waals surface area (Å²) >= 11 is 1.33. The predicted octanol–water partition coefficient (Wildman–Crippen LogP) is 6.64. The van der Waals surface area contributed by atoms with Gasteiger partial charge in [-0.25, -0.2) is 14.2 Å². The number of nitrogens with zero attached hydrogens (tertiary/aromatic N) is 4. The SMILES string of the molecule is CNC(=O)n1ncc(-c2cccc(C(=O)N3CCc4cc(C(=O)Nc5c(C)cccc5F)sc4-c4ccccc43)n2)c1C1CC1. The minimum Gasteiger partial charge on any atom is -0.339 e. The van der Waals surface area contributed by atoms with Crippen molar-refractivity contribution in [3.63, 3.8) is 0 Å². The van der Waals surface area contributed by atoms with Crippen LogP contribution in [0.25, 0.3) is 21.7 Å². The zero-order chi connectivity index (χ0) is 31.2. The van der Waals surface area contributed by atoms with E-state index < -0.39 is 5.82 Å². The van der Waals surface area contributed by atoms with Crippen molar-refractivity contribution in [3.05, 3.63) is 106 Å². The number of anilines is 2. The molecule has 0 unspecified atom stereocenters. The predicted molar refractivity (Wildman–Crippen MR) is 172 cm³/mol. The number of halogens is 1. The lowest BCUT2D eigenvalue weighted by Crippen LogP contribution is -2.33. The summed E-state index contributed by atoms with van der Waals surface area (Å²) in [7, 11) is 1.57. The highest BCUT2D eigenvalue weighted by atomic mass is 32.1. The number of rotatable bonds is 5. The molecule has 0 saturated heterocycles. The molecule has 0 atom stereocenters. The van der Waals surface area contributed by atoms with E-state index >= 15 is 0 Å². The van der Waals surface area contributed by atoms with Crippen molar-refractivity contribution in [1.29, 1.82) is 0 Å². The van der Waals surface area contributed by atoms with E-state index in [0.717, 1.165) is 45.8 Å². The number of aryl methyl sites for hydroxylation is 1. The van der Waals surface area contributed by atoms with Crippen LogP contribution >= 0.6 is 11.3 Å². The Labute approximate surface area is 262 Å². The second-order valence-electron chi connectivity index (χ2n) is 11.2. The largest absolute Gasteiger partial charge is 0.342 e. The third-order valence-electron chi connectivity index (χ3n) is 8.20. The van der Waals surface area contributed by atoms with Crippen LogP contribution in [-0.4, -0.2) is 46.2 Å². The highest BCUT2D eigenvalue weighted by molar-refractivity contribution is 7.17. The van der Waals surface area contributed by atoms with Crippen molar-refractivity contribution in [2.24, 2.45) is 0 Å². The molecule has 1 saturated carbocycles. The van der Waals surface area contributed by atoms with Crippen LogP contribution in [0.5, 0.6) is 0 Å². The molecule has 0 radical (unpaired) electrons. The summed E-state index contributed by atoms with van der Waals surface area (Å²) < 4.78 is 15.8. The molecule has 3 aromatic heterocycles. The molecule has 2 N–H and O–H groups in total. The van der Waals surface area contributed by atoms with Gasteiger partial charge in [0.1, 0.15) is 11.5 Å². The standard InChI is InChI=1S/C34H29FN6O3S/c1-19-7-5-9-24(35)29(19)39-32(42)28-17-21-15-16-40(27-12-4-3-8-22(27)31(21)45-28)33(43)26-11-6-10-25(38-26)23-18-37-41(34(44)36-2)30(23)20-13-14-20/h3-12,17-18,20H,13-16H2,1-2H3,(H,36,44)(H,39,42). The van der Waals surface area contributed by atoms with Crippen molar-refractivity contribution in [2.75, 3.05) is 23.8 Å². The minimum absolute atomic E-state index is 0.170. The van der Waals surface area contributed by atoms with E-state index in [9.17, 15) is 18.8 Å². The summed E-state index contributed by atoms with van der Waals surface area (Å²) in [6.45, 7) is 2.12. The Morgan fingerprint density at radius 2 is 1.80 bits per heavy atom. The van der Waals surface area contributed by atoms with Crippen LogP contribution in [0, 0.1) is 12.7 Å². The molecule has 1 fully saturated rings. The number of hydrogen-bond acceptors (Lipinski definition) is 6. The van der Waals surface area contributed by atoms with Gasteiger partial charge in [0.05, 0.1) is 33.8 Å². The lowest BCUT2D eigenvalue weighted by molar-refractivity contribution is 0.0981. The summed E-state index contributed by atoms with van der Waals surface area (Å²) in [6, 6.07) is 19.1. The lowest BCUT2D eigenvalue weighted by atomic mass is 10.1. The van der Waals surface area contributed by atoms with E-state index in [2.05, 4.69) is 15.7 Å². The van der Waals surface area contributed by atoms with Gasteiger partial charge in [-0.3, -0.25) is 9.59 Å². The number of thiophene rings is 1. The van der Waals surface area contributed by atoms with Crippen molar-refractivity contribution in [3.8, 4) is 21.7 Å². The number of carbonyl (C=O) groups is 3. The fourth-order valence-electron chi connectivity index (χ4n) is 5.80. The van der Waals surface area contributed by atoms with Gasteiger partial charge in [-0.15, -0.1) is 11.3 Å². The van der Waals surface area contributed by atoms with E-state index in [4.69, 9.17) is 4.98 Å². The molecular formula is C34H29FN6O3S. The Balaban J connectivity index is 1.19. The second kappa shape index (κ2) is 11.4. The molecule has 2 aliphatic rings. The van der Waals surface area contributed by atoms with E-state index in [1.54, 1.807) is 49.3 Å². The number of nitrogens with one attached hydrogen (secondary N) is 2. The first-order valence-corrected chi connectivity index (χ1v) is 15.5. The number of benzene rings is 2. The Bertz CT molecular complexity index is 1980. The average Bonchev–Trinajstić information content (AvgIpc) is 3.69. The van der Waals surface area contributed by atoms with E-state index in [0.29, 0.717) is 29.1 Å². The normalized spacial score (nSPS) is 13.9. The van der Waals surface area contributed by atoms with Gasteiger partial charge in [0.2, 0.25) is 0 Å². The van der Waals surface area contributed by atoms with E-state index in [-0.39, 0.29) is 35.1 Å². The van der Waals surface area contributed by atoms with Crippen LogP contribution in [-0.2, 0) is 6.42 Å². The molecule has 45 heavy (non-hydrogen) atoms. The van der Waals surface area contributed by atoms with Crippen LogP contribution in [0.3, 0.4) is 0 Å². The zero-order valence-corrected chi connectivity index (χ0v) is 25.5. The Kier molecular flexibility index (Phi) is 7.25. The van der Waals surface area contributed by atoms with Crippen molar-refractivity contribution < 1.29 is 18.8 Å². The molecule has 11 heteroatoms. The molecule has 9 nitrogen and oxygen atoms in total. The molecule has 7 rings (SSSR count). The van der Waals surface area contributed by atoms with E-state index in [1.807, 2.05) is 36.4 Å². The Hall–Kier alpha value is -5.16. The average molecular weight is 621 g/mol. The van der Waals surface area contributed by atoms with Crippen molar-refractivity contribution in [2.45, 2.75) is 32.1 Å². The first-order chi connectivity index (χ1) is 21.8. The van der Waals surface area contributed by atoms with Gasteiger partial charge in [0.25, 0.3) is 11.8 Å². The number of fused-ring (bicyclic) bond motifs is 3. The zero-order valence-electron chi connectivity index (χ0n) is 24.6. The molecule has 5 aromatic rings. The molecule has 226 valence electrons. The van der Waals surface area contributed by atoms with Gasteiger partial charge in [0.15, 0.2) is 0 Å². The molecule has 1 aliphatic carbocycles. The molecular weight excluding hydrogens is 591 g/mol. The van der Waals surface area contributed by atoms with Crippen LogP contribution in [0.4, 0.5) is 20.6 Å². The molecule has 0 spiro atoms. The fourth-order valence-corrected chi connectivity index (χ4v) is 6.94. The van der Waals surface area contributed by atoms with E-state index in [1.165, 1.54) is 22.1 Å². The Morgan fingerprint density at radius 1 is 1.00 bits per heavy atom. The van der Waals surface area contributed by atoms with Crippen molar-refractivity contribution in [1.82, 2.24) is 20.1 Å². The number of amides is 3. The maximum absolute atomic E-state index is 14.4. The molecule has 0 bridgehead atoms. The van der Waals surface area contributed by atoms with Crippen LogP contribution in [0.15, 0.2) is 72.9 Å². The van der Waals surface area contributed by atoms with Crippen LogP contribution in [0.1, 0.15) is 55.7 Å². The second-order valence-corrected chi connectivity index (χ2v) is 12.2. The first kappa shape index (κ1) is 28.6. The number of carbonyl (C=O) groups excluding carboxylic acids is 3. The number of para-hydroxylation sites is 2. The van der Waals surface area contributed by atoms with Gasteiger partial charge in [0, 0.05) is 35.5 Å².